The molecule has 0 unspecified atom stereocenters. The number of pyridine rings is 1. The van der Waals surface area contributed by atoms with Gasteiger partial charge in [-0.1, -0.05) is 18.2 Å². The number of nitrogens with zero attached hydrogens (tertiary/aromatic N) is 3. The van der Waals surface area contributed by atoms with E-state index in [2.05, 4.69) is 10.1 Å². The second kappa shape index (κ2) is 6.05. The van der Waals surface area contributed by atoms with Gasteiger partial charge in [0.1, 0.15) is 5.69 Å². The zero-order valence-corrected chi connectivity index (χ0v) is 11.6. The Labute approximate surface area is 127 Å². The Morgan fingerprint density at radius 3 is 2.64 bits per heavy atom. The van der Waals surface area contributed by atoms with Crippen LogP contribution in [0.15, 0.2) is 67.1 Å². The van der Waals surface area contributed by atoms with Crippen molar-refractivity contribution < 1.29 is 9.90 Å². The third-order valence-corrected chi connectivity index (χ3v) is 3.10. The summed E-state index contributed by atoms with van der Waals surface area (Å²) < 4.78 is 1.73. The quantitative estimate of drug-likeness (QED) is 0.750. The van der Waals surface area contributed by atoms with Gasteiger partial charge in [0.05, 0.1) is 5.69 Å². The van der Waals surface area contributed by atoms with Crippen molar-refractivity contribution in [1.29, 1.82) is 0 Å². The summed E-state index contributed by atoms with van der Waals surface area (Å²) in [5.74, 6) is -0.996. The highest BCUT2D eigenvalue weighted by atomic mass is 16.4. The van der Waals surface area contributed by atoms with Crippen molar-refractivity contribution in [3.63, 3.8) is 0 Å². The minimum Gasteiger partial charge on any atom is -0.478 e. The molecule has 1 N–H and O–H groups in total. The molecule has 22 heavy (non-hydrogen) atoms. The number of hydrogen-bond acceptors (Lipinski definition) is 3. The first-order chi connectivity index (χ1) is 10.7. The number of carbonyl (C=O) groups is 1. The van der Waals surface area contributed by atoms with Crippen LogP contribution in [0.2, 0.25) is 0 Å². The molecular formula is C17H13N3O2. The predicted molar refractivity (Wildman–Crippen MR) is 83.5 cm³/mol. The van der Waals surface area contributed by atoms with Gasteiger partial charge in [-0.25, -0.2) is 9.48 Å². The van der Waals surface area contributed by atoms with Gasteiger partial charge in [-0.3, -0.25) is 4.98 Å². The Morgan fingerprint density at radius 2 is 1.95 bits per heavy atom. The van der Waals surface area contributed by atoms with Crippen molar-refractivity contribution >= 4 is 12.0 Å². The summed E-state index contributed by atoms with van der Waals surface area (Å²) in [7, 11) is 0. The highest BCUT2D eigenvalue weighted by Crippen LogP contribution is 2.24. The average Bonchev–Trinajstić information content (AvgIpc) is 2.99. The van der Waals surface area contributed by atoms with Gasteiger partial charge in [-0.2, -0.15) is 5.10 Å². The molecule has 0 aliphatic rings. The Morgan fingerprint density at radius 1 is 1.14 bits per heavy atom. The molecule has 0 atom stereocenters. The van der Waals surface area contributed by atoms with E-state index in [1.165, 1.54) is 6.08 Å². The van der Waals surface area contributed by atoms with Crippen LogP contribution in [0.4, 0.5) is 0 Å². The van der Waals surface area contributed by atoms with Gasteiger partial charge >= 0.3 is 5.97 Å². The van der Waals surface area contributed by atoms with Crippen LogP contribution in [-0.4, -0.2) is 25.8 Å². The second-order valence-electron chi connectivity index (χ2n) is 4.63. The Bertz CT molecular complexity index is 808. The van der Waals surface area contributed by atoms with Gasteiger partial charge in [-0.05, 0) is 30.3 Å². The molecule has 108 valence electrons. The summed E-state index contributed by atoms with van der Waals surface area (Å²) in [6, 6.07) is 13.4. The summed E-state index contributed by atoms with van der Waals surface area (Å²) in [5, 5.41) is 13.4. The molecule has 0 fully saturated rings. The summed E-state index contributed by atoms with van der Waals surface area (Å²) in [6.07, 6.45) is 7.83. The number of para-hydroxylation sites is 1. The van der Waals surface area contributed by atoms with Crippen molar-refractivity contribution in [2.24, 2.45) is 0 Å². The lowest BCUT2D eigenvalue weighted by atomic mass is 10.1. The summed E-state index contributed by atoms with van der Waals surface area (Å²) in [6.45, 7) is 0. The number of benzene rings is 1. The highest BCUT2D eigenvalue weighted by Gasteiger charge is 2.10. The molecule has 0 saturated heterocycles. The van der Waals surface area contributed by atoms with E-state index in [0.717, 1.165) is 22.9 Å². The fourth-order valence-electron chi connectivity index (χ4n) is 2.11. The van der Waals surface area contributed by atoms with Crippen molar-refractivity contribution in [3.8, 4) is 16.9 Å². The van der Waals surface area contributed by atoms with Crippen LogP contribution < -0.4 is 0 Å². The van der Waals surface area contributed by atoms with E-state index in [-0.39, 0.29) is 0 Å². The highest BCUT2D eigenvalue weighted by molar-refractivity contribution is 5.87. The summed E-state index contributed by atoms with van der Waals surface area (Å²) >= 11 is 0. The molecule has 1 aromatic carbocycles. The Hall–Kier alpha value is -3.21. The topological polar surface area (TPSA) is 68.0 Å². The third kappa shape index (κ3) is 2.93. The molecule has 0 aliphatic carbocycles. The van der Waals surface area contributed by atoms with E-state index >= 15 is 0 Å². The van der Waals surface area contributed by atoms with Crippen molar-refractivity contribution in [3.05, 3.63) is 72.7 Å². The smallest absolute Gasteiger partial charge is 0.328 e. The molecule has 5 nitrogen and oxygen atoms in total. The normalized spacial score (nSPS) is 10.9. The zero-order valence-electron chi connectivity index (χ0n) is 11.6. The van der Waals surface area contributed by atoms with E-state index in [1.807, 2.05) is 42.5 Å². The van der Waals surface area contributed by atoms with Gasteiger partial charge in [0.15, 0.2) is 0 Å². The zero-order chi connectivity index (χ0) is 15.4. The van der Waals surface area contributed by atoms with Crippen LogP contribution in [0.3, 0.4) is 0 Å². The number of aromatic nitrogens is 3. The fourth-order valence-corrected chi connectivity index (χ4v) is 2.11. The van der Waals surface area contributed by atoms with E-state index in [4.69, 9.17) is 5.11 Å². The predicted octanol–water partition coefficient (Wildman–Crippen LogP) is 3.03. The lowest BCUT2D eigenvalue weighted by Gasteiger charge is -1.99. The van der Waals surface area contributed by atoms with Gasteiger partial charge < -0.3 is 5.11 Å². The number of rotatable bonds is 4. The van der Waals surface area contributed by atoms with Crippen molar-refractivity contribution in [2.45, 2.75) is 0 Å². The molecule has 2 aromatic heterocycles. The molecule has 2 heterocycles. The Balaban J connectivity index is 2.11. The van der Waals surface area contributed by atoms with Gasteiger partial charge in [0.25, 0.3) is 0 Å². The summed E-state index contributed by atoms with van der Waals surface area (Å²) in [5.41, 5.74) is 3.15. The van der Waals surface area contributed by atoms with Crippen molar-refractivity contribution in [2.75, 3.05) is 0 Å². The first-order valence-corrected chi connectivity index (χ1v) is 6.70. The van der Waals surface area contributed by atoms with Crippen molar-refractivity contribution in [1.82, 2.24) is 14.8 Å². The number of carboxylic acids is 1. The lowest BCUT2D eigenvalue weighted by molar-refractivity contribution is -0.131. The van der Waals surface area contributed by atoms with Gasteiger partial charge in [0, 0.05) is 35.8 Å². The van der Waals surface area contributed by atoms with Crippen LogP contribution in [0.5, 0.6) is 0 Å². The van der Waals surface area contributed by atoms with E-state index < -0.39 is 5.97 Å². The molecule has 3 rings (SSSR count). The van der Waals surface area contributed by atoms with Crippen LogP contribution in [0, 0.1) is 0 Å². The maximum Gasteiger partial charge on any atom is 0.328 e. The molecule has 0 bridgehead atoms. The molecule has 5 heteroatoms. The molecule has 0 radical (unpaired) electrons. The van der Waals surface area contributed by atoms with Crippen LogP contribution in [-0.2, 0) is 4.79 Å². The van der Waals surface area contributed by atoms with E-state index in [1.54, 1.807) is 23.3 Å². The maximum absolute atomic E-state index is 10.8. The summed E-state index contributed by atoms with van der Waals surface area (Å²) in [4.78, 5) is 14.9. The minimum atomic E-state index is -0.996. The van der Waals surface area contributed by atoms with Crippen LogP contribution in [0.1, 0.15) is 5.56 Å². The van der Waals surface area contributed by atoms with Gasteiger partial charge in [-0.15, -0.1) is 0 Å². The van der Waals surface area contributed by atoms with Crippen LogP contribution in [0.25, 0.3) is 23.0 Å². The number of aliphatic carboxylic acids is 1. The maximum atomic E-state index is 10.8. The first-order valence-electron chi connectivity index (χ1n) is 6.70. The third-order valence-electron chi connectivity index (χ3n) is 3.10. The monoisotopic (exact) mass is 291 g/mol. The molecule has 0 spiro atoms. The largest absolute Gasteiger partial charge is 0.478 e. The second-order valence-corrected chi connectivity index (χ2v) is 4.63. The number of carboxylic acid groups (broad SMARTS) is 1. The van der Waals surface area contributed by atoms with E-state index in [9.17, 15) is 4.79 Å². The standard InChI is InChI=1S/C17H13N3O2/c21-16(22)9-8-14-12-20(15-6-2-1-3-7-15)19-17(14)13-5-4-10-18-11-13/h1-12H,(H,21,22). The average molecular weight is 291 g/mol. The SMILES string of the molecule is O=C(O)C=Cc1cn(-c2ccccc2)nc1-c1cccnc1. The van der Waals surface area contributed by atoms with Crippen LogP contribution >= 0.6 is 0 Å². The number of hydrogen-bond donors (Lipinski definition) is 1. The molecule has 0 saturated carbocycles. The molecule has 3 aromatic rings. The lowest BCUT2D eigenvalue weighted by Crippen LogP contribution is -1.94. The van der Waals surface area contributed by atoms with Gasteiger partial charge in [0.2, 0.25) is 0 Å². The molecular weight excluding hydrogens is 278 g/mol. The molecule has 0 amide bonds. The minimum absolute atomic E-state index is 0.689. The molecule has 0 aliphatic heterocycles. The Kier molecular flexibility index (Phi) is 3.78. The fraction of sp³-hybridized carbons (Fsp3) is 0. The van der Waals surface area contributed by atoms with E-state index in [0.29, 0.717) is 5.69 Å². The first kappa shape index (κ1) is 13.8.